The second-order valence-corrected chi connectivity index (χ2v) is 2.70. The highest BCUT2D eigenvalue weighted by molar-refractivity contribution is 5.39. The van der Waals surface area contributed by atoms with Gasteiger partial charge in [0.1, 0.15) is 0 Å². The predicted octanol–water partition coefficient (Wildman–Crippen LogP) is 0.496. The van der Waals surface area contributed by atoms with E-state index in [1.165, 1.54) is 0 Å². The Hall–Kier alpha value is -1.42. The van der Waals surface area contributed by atoms with E-state index in [1.807, 2.05) is 19.1 Å². The van der Waals surface area contributed by atoms with Gasteiger partial charge in [-0.1, -0.05) is 0 Å². The summed E-state index contributed by atoms with van der Waals surface area (Å²) < 4.78 is 1.77. The quantitative estimate of drug-likeness (QED) is 0.664. The lowest BCUT2D eigenvalue weighted by Crippen LogP contribution is -2.05. The minimum atomic E-state index is 0.486. The molecule has 0 bridgehead atoms. The van der Waals surface area contributed by atoms with Crippen molar-refractivity contribution < 1.29 is 0 Å². The Morgan fingerprint density at radius 1 is 1.58 bits per heavy atom. The second-order valence-electron chi connectivity index (χ2n) is 2.70. The number of fused-ring (bicyclic) bond motifs is 1. The van der Waals surface area contributed by atoms with Crippen molar-refractivity contribution in [1.29, 1.82) is 0 Å². The van der Waals surface area contributed by atoms with Crippen LogP contribution >= 0.6 is 0 Å². The van der Waals surface area contributed by atoms with Gasteiger partial charge in [0, 0.05) is 18.8 Å². The normalized spacial score (nSPS) is 10.8. The van der Waals surface area contributed by atoms with Crippen LogP contribution in [-0.2, 0) is 6.54 Å². The molecule has 4 nitrogen and oxygen atoms in total. The first-order chi connectivity index (χ1) is 5.81. The van der Waals surface area contributed by atoms with Crippen molar-refractivity contribution >= 4 is 5.65 Å². The fraction of sp³-hybridized carbons (Fsp3) is 0.250. The Bertz CT molecular complexity index is 404. The van der Waals surface area contributed by atoms with Crippen LogP contribution < -0.4 is 5.73 Å². The van der Waals surface area contributed by atoms with Gasteiger partial charge in [-0.05, 0) is 13.0 Å². The molecule has 0 aliphatic carbocycles. The van der Waals surface area contributed by atoms with Crippen molar-refractivity contribution in [2.45, 2.75) is 13.5 Å². The van der Waals surface area contributed by atoms with E-state index in [0.29, 0.717) is 6.54 Å². The lowest BCUT2D eigenvalue weighted by Gasteiger charge is -1.98. The number of nitrogens with two attached hydrogens (primary N) is 1. The largest absolute Gasteiger partial charge is 0.325 e. The standard InChI is InChI=1S/C8H10N4/c1-6-4-8-10-3-2-7(5-9)12(8)11-6/h2-4H,5,9H2,1H3. The van der Waals surface area contributed by atoms with Gasteiger partial charge >= 0.3 is 0 Å². The molecule has 2 N–H and O–H groups in total. The molecule has 12 heavy (non-hydrogen) atoms. The summed E-state index contributed by atoms with van der Waals surface area (Å²) in [4.78, 5) is 4.16. The lowest BCUT2D eigenvalue weighted by molar-refractivity contribution is 0.824. The smallest absolute Gasteiger partial charge is 0.155 e. The van der Waals surface area contributed by atoms with E-state index in [4.69, 9.17) is 5.73 Å². The van der Waals surface area contributed by atoms with Crippen molar-refractivity contribution in [1.82, 2.24) is 14.6 Å². The van der Waals surface area contributed by atoms with Gasteiger partial charge in [0.15, 0.2) is 5.65 Å². The second kappa shape index (κ2) is 2.57. The lowest BCUT2D eigenvalue weighted by atomic mass is 10.4. The Balaban J connectivity index is 2.78. The van der Waals surface area contributed by atoms with E-state index in [1.54, 1.807) is 10.7 Å². The maximum absolute atomic E-state index is 5.54. The van der Waals surface area contributed by atoms with Crippen molar-refractivity contribution in [2.24, 2.45) is 5.73 Å². The summed E-state index contributed by atoms with van der Waals surface area (Å²) in [7, 11) is 0. The molecule has 0 fully saturated rings. The fourth-order valence-electron chi connectivity index (χ4n) is 1.21. The molecule has 4 heteroatoms. The highest BCUT2D eigenvalue weighted by Gasteiger charge is 2.01. The average molecular weight is 162 g/mol. The van der Waals surface area contributed by atoms with Crippen LogP contribution in [0.25, 0.3) is 5.65 Å². The van der Waals surface area contributed by atoms with Crippen LogP contribution in [0.1, 0.15) is 11.4 Å². The van der Waals surface area contributed by atoms with E-state index in [0.717, 1.165) is 17.0 Å². The third-order valence-corrected chi connectivity index (χ3v) is 1.77. The Labute approximate surface area is 70.0 Å². The van der Waals surface area contributed by atoms with Gasteiger partial charge in [-0.15, -0.1) is 0 Å². The van der Waals surface area contributed by atoms with Gasteiger partial charge in [-0.25, -0.2) is 9.50 Å². The minimum absolute atomic E-state index is 0.486. The van der Waals surface area contributed by atoms with Crippen LogP contribution in [0.4, 0.5) is 0 Å². The topological polar surface area (TPSA) is 56.2 Å². The van der Waals surface area contributed by atoms with Crippen LogP contribution in [0, 0.1) is 6.92 Å². The van der Waals surface area contributed by atoms with E-state index in [2.05, 4.69) is 10.1 Å². The molecule has 0 spiro atoms. The van der Waals surface area contributed by atoms with Gasteiger partial charge in [0.2, 0.25) is 0 Å². The Morgan fingerprint density at radius 2 is 2.42 bits per heavy atom. The molecule has 0 saturated heterocycles. The summed E-state index contributed by atoms with van der Waals surface area (Å²) in [5.41, 5.74) is 8.33. The molecule has 0 saturated carbocycles. The number of aromatic nitrogens is 3. The maximum atomic E-state index is 5.54. The van der Waals surface area contributed by atoms with E-state index >= 15 is 0 Å². The summed E-state index contributed by atoms with van der Waals surface area (Å²) in [6.07, 6.45) is 1.75. The first-order valence-electron chi connectivity index (χ1n) is 3.81. The SMILES string of the molecule is Cc1cc2nccc(CN)n2n1. The van der Waals surface area contributed by atoms with Crippen molar-refractivity contribution in [3.63, 3.8) is 0 Å². The van der Waals surface area contributed by atoms with Gasteiger partial charge in [0.05, 0.1) is 11.4 Å². The average Bonchev–Trinajstić information content (AvgIpc) is 2.44. The molecule has 0 aliphatic rings. The number of rotatable bonds is 1. The molecule has 0 unspecified atom stereocenters. The van der Waals surface area contributed by atoms with Crippen LogP contribution in [0.3, 0.4) is 0 Å². The highest BCUT2D eigenvalue weighted by atomic mass is 15.3. The van der Waals surface area contributed by atoms with Crippen LogP contribution in [0.2, 0.25) is 0 Å². The summed E-state index contributed by atoms with van der Waals surface area (Å²) in [5.74, 6) is 0. The van der Waals surface area contributed by atoms with E-state index < -0.39 is 0 Å². The highest BCUT2D eigenvalue weighted by Crippen LogP contribution is 2.04. The van der Waals surface area contributed by atoms with E-state index in [-0.39, 0.29) is 0 Å². The van der Waals surface area contributed by atoms with Gasteiger partial charge in [-0.3, -0.25) is 0 Å². The molecule has 0 amide bonds. The van der Waals surface area contributed by atoms with E-state index in [9.17, 15) is 0 Å². The molecule has 2 rings (SSSR count). The third kappa shape index (κ3) is 0.967. The zero-order chi connectivity index (χ0) is 8.55. The number of nitrogens with zero attached hydrogens (tertiary/aromatic N) is 3. The molecule has 0 atom stereocenters. The van der Waals surface area contributed by atoms with Gasteiger partial charge < -0.3 is 5.73 Å². The molecular weight excluding hydrogens is 152 g/mol. The number of aryl methyl sites for hydroxylation is 1. The van der Waals surface area contributed by atoms with Crippen LogP contribution in [-0.4, -0.2) is 14.6 Å². The molecule has 0 radical (unpaired) electrons. The van der Waals surface area contributed by atoms with Gasteiger partial charge in [0.25, 0.3) is 0 Å². The van der Waals surface area contributed by atoms with Crippen molar-refractivity contribution in [3.8, 4) is 0 Å². The molecule has 2 aromatic heterocycles. The first kappa shape index (κ1) is 7.24. The molecule has 0 aromatic carbocycles. The summed E-state index contributed by atoms with van der Waals surface area (Å²) in [5, 5.41) is 4.26. The van der Waals surface area contributed by atoms with Crippen molar-refractivity contribution in [2.75, 3.05) is 0 Å². The minimum Gasteiger partial charge on any atom is -0.325 e. The summed E-state index contributed by atoms with van der Waals surface area (Å²) >= 11 is 0. The number of hydrogen-bond donors (Lipinski definition) is 1. The van der Waals surface area contributed by atoms with Crippen molar-refractivity contribution in [3.05, 3.63) is 29.7 Å². The summed E-state index contributed by atoms with van der Waals surface area (Å²) in [6, 6.07) is 3.80. The molecular formula is C8H10N4. The molecule has 2 heterocycles. The molecule has 0 aliphatic heterocycles. The zero-order valence-corrected chi connectivity index (χ0v) is 6.86. The maximum Gasteiger partial charge on any atom is 0.155 e. The van der Waals surface area contributed by atoms with Gasteiger partial charge in [-0.2, -0.15) is 5.10 Å². The third-order valence-electron chi connectivity index (χ3n) is 1.77. The molecule has 2 aromatic rings. The fourth-order valence-corrected chi connectivity index (χ4v) is 1.21. The van der Waals surface area contributed by atoms with Crippen LogP contribution in [0.15, 0.2) is 18.3 Å². The predicted molar refractivity (Wildman–Crippen MR) is 45.6 cm³/mol. The monoisotopic (exact) mass is 162 g/mol. The van der Waals surface area contributed by atoms with Crippen LogP contribution in [0.5, 0.6) is 0 Å². The molecule has 62 valence electrons. The first-order valence-corrected chi connectivity index (χ1v) is 3.81. The number of hydrogen-bond acceptors (Lipinski definition) is 3. The Kier molecular flexibility index (Phi) is 1.55. The zero-order valence-electron chi connectivity index (χ0n) is 6.86. The Morgan fingerprint density at radius 3 is 3.17 bits per heavy atom. The summed E-state index contributed by atoms with van der Waals surface area (Å²) in [6.45, 7) is 2.43.